The van der Waals surface area contributed by atoms with Gasteiger partial charge in [0.25, 0.3) is 0 Å². The number of halogens is 3. The van der Waals surface area contributed by atoms with E-state index >= 15 is 0 Å². The molecule has 3 saturated heterocycles. The highest BCUT2D eigenvalue weighted by atomic mass is 19.4. The Morgan fingerprint density at radius 3 is 2.54 bits per heavy atom. The quantitative estimate of drug-likeness (QED) is 0.347. The summed E-state index contributed by atoms with van der Waals surface area (Å²) in [4.78, 5) is 51.1. The normalized spacial score (nSPS) is 29.6. The fourth-order valence-electron chi connectivity index (χ4n) is 8.52. The first-order valence-electron chi connectivity index (χ1n) is 15.2. The van der Waals surface area contributed by atoms with Crippen molar-refractivity contribution in [2.45, 2.75) is 29.8 Å². The zero-order valence-electron chi connectivity index (χ0n) is 25.1. The number of hydrogen-bond donors (Lipinski definition) is 1. The van der Waals surface area contributed by atoms with E-state index in [2.05, 4.69) is 4.98 Å². The van der Waals surface area contributed by atoms with Crippen LogP contribution in [0.4, 0.5) is 18.9 Å². The van der Waals surface area contributed by atoms with Crippen molar-refractivity contribution in [3.05, 3.63) is 71.4 Å². The number of carbonyl (C=O) groups is 3. The van der Waals surface area contributed by atoms with Gasteiger partial charge in [0, 0.05) is 55.4 Å². The third-order valence-electron chi connectivity index (χ3n) is 10.5. The molecule has 6 heterocycles. The van der Waals surface area contributed by atoms with Crippen LogP contribution in [0.3, 0.4) is 0 Å². The van der Waals surface area contributed by atoms with Gasteiger partial charge in [0.1, 0.15) is 11.4 Å². The molecule has 2 aromatic carbocycles. The van der Waals surface area contributed by atoms with Gasteiger partial charge in [0.05, 0.1) is 43.4 Å². The molecule has 1 aromatic heterocycles. The van der Waals surface area contributed by atoms with Crippen LogP contribution in [0.1, 0.15) is 16.8 Å². The second-order valence-corrected chi connectivity index (χ2v) is 12.4. The minimum absolute atomic E-state index is 0.233. The Hall–Kier alpha value is -4.52. The predicted octanol–water partition coefficient (Wildman–Crippen LogP) is 3.25. The van der Waals surface area contributed by atoms with Crippen LogP contribution in [0.25, 0.3) is 10.9 Å². The lowest BCUT2D eigenvalue weighted by Crippen LogP contribution is -2.63. The van der Waals surface area contributed by atoms with Crippen LogP contribution in [0, 0.1) is 11.8 Å². The van der Waals surface area contributed by atoms with Crippen LogP contribution in [0.15, 0.2) is 54.6 Å². The first-order valence-corrected chi connectivity index (χ1v) is 15.2. The SMILES string of the molecule is COC(=O)[C@]12c3[nH]c4cc(OC)ccc4c3CCN1C(=O)[C@H]1[C@@H](C(=O)N3CCN(c4cccc(C(F)(F)F)c4)CC3)[C@@H]3C=C[C@@]12O3. The number of aromatic nitrogens is 1. The number of esters is 1. The highest BCUT2D eigenvalue weighted by Crippen LogP contribution is 2.65. The van der Waals surface area contributed by atoms with Crippen molar-refractivity contribution in [3.8, 4) is 5.75 Å². The predicted molar refractivity (Wildman–Crippen MR) is 158 cm³/mol. The minimum Gasteiger partial charge on any atom is -0.497 e. The molecule has 10 nitrogen and oxygen atoms in total. The number of aromatic amines is 1. The van der Waals surface area contributed by atoms with Gasteiger partial charge in [0.15, 0.2) is 0 Å². The third kappa shape index (κ3) is 3.60. The maximum Gasteiger partial charge on any atom is 0.416 e. The first kappa shape index (κ1) is 28.9. The molecule has 2 amide bonds. The van der Waals surface area contributed by atoms with Crippen molar-refractivity contribution < 1.29 is 41.8 Å². The summed E-state index contributed by atoms with van der Waals surface area (Å²) in [6.07, 6.45) is -1.19. The standard InChI is InChI=1S/C33H31F3N4O6/c1-44-20-6-7-21-22-9-11-40-29(42)26-25(24-8-10-31(26,46-24)32(40,30(43)45-2)27(22)37-23(21)17-20)28(41)39-14-12-38(13-15-39)19-5-3-4-18(16-19)33(34,35)36/h3-8,10,16-17,24-26,37H,9,11-15H2,1-2H3/t24-,25-,26+,31+,32-/m0/s1. The Balaban J connectivity index is 1.13. The molecule has 0 radical (unpaired) electrons. The smallest absolute Gasteiger partial charge is 0.416 e. The molecule has 2 bridgehead atoms. The number of nitrogens with one attached hydrogen (secondary N) is 1. The summed E-state index contributed by atoms with van der Waals surface area (Å²) in [5.41, 5.74) is -1.33. The summed E-state index contributed by atoms with van der Waals surface area (Å²) in [6, 6.07) is 10.7. The van der Waals surface area contributed by atoms with Gasteiger partial charge < -0.3 is 33.9 Å². The van der Waals surface area contributed by atoms with E-state index in [0.29, 0.717) is 36.6 Å². The minimum atomic E-state index is -4.46. The van der Waals surface area contributed by atoms with Crippen LogP contribution < -0.4 is 9.64 Å². The Morgan fingerprint density at radius 2 is 1.83 bits per heavy atom. The van der Waals surface area contributed by atoms with E-state index < -0.39 is 46.8 Å². The molecule has 3 aromatic rings. The van der Waals surface area contributed by atoms with Crippen LogP contribution in [-0.2, 0) is 42.0 Å². The summed E-state index contributed by atoms with van der Waals surface area (Å²) in [5.74, 6) is -2.50. The zero-order chi connectivity index (χ0) is 32.2. The van der Waals surface area contributed by atoms with Crippen molar-refractivity contribution in [1.29, 1.82) is 0 Å². The molecule has 13 heteroatoms. The number of anilines is 1. The molecule has 0 saturated carbocycles. The number of methoxy groups -OCH3 is 2. The van der Waals surface area contributed by atoms with Crippen LogP contribution >= 0.6 is 0 Å². The van der Waals surface area contributed by atoms with E-state index in [1.807, 2.05) is 23.1 Å². The average Bonchev–Trinajstić information content (AvgIpc) is 3.81. The van der Waals surface area contributed by atoms with Gasteiger partial charge in [0.2, 0.25) is 17.4 Å². The summed E-state index contributed by atoms with van der Waals surface area (Å²) < 4.78 is 57.4. The lowest BCUT2D eigenvalue weighted by atomic mass is 9.66. The maximum atomic E-state index is 14.4. The number of rotatable bonds is 4. The topological polar surface area (TPSA) is 104 Å². The molecule has 0 aliphatic carbocycles. The zero-order valence-corrected chi connectivity index (χ0v) is 25.1. The van der Waals surface area contributed by atoms with Crippen molar-refractivity contribution >= 4 is 34.4 Å². The van der Waals surface area contributed by atoms with E-state index in [4.69, 9.17) is 14.2 Å². The number of benzene rings is 2. The number of ether oxygens (including phenoxy) is 3. The highest BCUT2D eigenvalue weighted by Gasteiger charge is 2.82. The Morgan fingerprint density at radius 1 is 1.04 bits per heavy atom. The fourth-order valence-corrected chi connectivity index (χ4v) is 8.52. The molecule has 46 heavy (non-hydrogen) atoms. The third-order valence-corrected chi connectivity index (χ3v) is 10.5. The number of fused-ring (bicyclic) bond motifs is 6. The van der Waals surface area contributed by atoms with Crippen molar-refractivity contribution in [2.24, 2.45) is 11.8 Å². The summed E-state index contributed by atoms with van der Waals surface area (Å²) in [5, 5.41) is 0.897. The second kappa shape index (κ2) is 9.74. The molecule has 3 fully saturated rings. The molecule has 5 aliphatic heterocycles. The van der Waals surface area contributed by atoms with Gasteiger partial charge >= 0.3 is 12.1 Å². The monoisotopic (exact) mass is 636 g/mol. The van der Waals surface area contributed by atoms with Gasteiger partial charge in [-0.3, -0.25) is 9.59 Å². The molecule has 0 unspecified atom stereocenters. The lowest BCUT2D eigenvalue weighted by Gasteiger charge is -2.46. The lowest BCUT2D eigenvalue weighted by molar-refractivity contribution is -0.173. The number of H-pyrrole nitrogens is 1. The average molecular weight is 637 g/mol. The molecule has 1 N–H and O–H groups in total. The van der Waals surface area contributed by atoms with Gasteiger partial charge in [-0.05, 0) is 48.4 Å². The highest BCUT2D eigenvalue weighted by molar-refractivity contribution is 6.03. The molecular weight excluding hydrogens is 605 g/mol. The molecular formula is C33H31F3N4O6. The van der Waals surface area contributed by atoms with Gasteiger partial charge in [-0.15, -0.1) is 0 Å². The number of piperazine rings is 1. The molecule has 240 valence electrons. The van der Waals surface area contributed by atoms with E-state index in [9.17, 15) is 27.6 Å². The van der Waals surface area contributed by atoms with E-state index in [1.54, 1.807) is 30.2 Å². The number of nitrogens with zero attached hydrogens (tertiary/aromatic N) is 3. The number of carbonyl (C=O) groups excluding carboxylic acids is 3. The maximum absolute atomic E-state index is 14.4. The number of alkyl halides is 3. The van der Waals surface area contributed by atoms with Gasteiger partial charge in [-0.2, -0.15) is 13.2 Å². The van der Waals surface area contributed by atoms with E-state index in [-0.39, 0.29) is 31.4 Å². The van der Waals surface area contributed by atoms with Crippen LogP contribution in [0.5, 0.6) is 5.75 Å². The van der Waals surface area contributed by atoms with Crippen molar-refractivity contribution in [3.63, 3.8) is 0 Å². The van der Waals surface area contributed by atoms with E-state index in [1.165, 1.54) is 18.1 Å². The Labute approximate surface area is 261 Å². The second-order valence-electron chi connectivity index (χ2n) is 12.4. The number of hydrogen-bond acceptors (Lipinski definition) is 7. The number of amides is 2. The van der Waals surface area contributed by atoms with Gasteiger partial charge in [-0.25, -0.2) is 4.79 Å². The molecule has 5 atom stereocenters. The van der Waals surface area contributed by atoms with Crippen molar-refractivity contribution in [2.75, 3.05) is 51.8 Å². The molecule has 8 rings (SSSR count). The Kier molecular flexibility index (Phi) is 6.12. The summed E-state index contributed by atoms with van der Waals surface area (Å²) in [7, 11) is 2.85. The van der Waals surface area contributed by atoms with Crippen molar-refractivity contribution in [1.82, 2.24) is 14.8 Å². The molecule has 5 aliphatic rings. The first-order chi connectivity index (χ1) is 22.0. The van der Waals surface area contributed by atoms with E-state index in [0.717, 1.165) is 28.6 Å². The summed E-state index contributed by atoms with van der Waals surface area (Å²) in [6.45, 7) is 1.40. The largest absolute Gasteiger partial charge is 0.497 e. The Bertz CT molecular complexity index is 1830. The fraction of sp³-hybridized carbons (Fsp3) is 0.424. The summed E-state index contributed by atoms with van der Waals surface area (Å²) >= 11 is 0. The van der Waals surface area contributed by atoms with Crippen LogP contribution in [0.2, 0.25) is 0 Å². The van der Waals surface area contributed by atoms with Crippen LogP contribution in [-0.4, -0.2) is 91.2 Å². The molecule has 1 spiro atoms. The van der Waals surface area contributed by atoms with Gasteiger partial charge in [-0.1, -0.05) is 12.1 Å².